The van der Waals surface area contributed by atoms with Crippen molar-refractivity contribution < 1.29 is 9.47 Å². The number of hydrogen-bond donors (Lipinski definition) is 0. The first-order chi connectivity index (χ1) is 7.72. The van der Waals surface area contributed by atoms with E-state index in [0.717, 1.165) is 0 Å². The van der Waals surface area contributed by atoms with E-state index in [-0.39, 0.29) is 9.52 Å². The number of likely N-dealkylation sites (N-methyl/N-ethyl adjacent to an activating group) is 1. The first-order valence-electron chi connectivity index (χ1n) is 6.73. The van der Waals surface area contributed by atoms with Gasteiger partial charge >= 0.3 is 0 Å². The van der Waals surface area contributed by atoms with Crippen molar-refractivity contribution in [1.29, 1.82) is 0 Å². The van der Waals surface area contributed by atoms with Gasteiger partial charge in [0.25, 0.3) is 0 Å². The van der Waals surface area contributed by atoms with E-state index < -0.39 is 14.0 Å². The van der Waals surface area contributed by atoms with Gasteiger partial charge in [0, 0.05) is 28.4 Å². The van der Waals surface area contributed by atoms with E-state index >= 15 is 0 Å². The summed E-state index contributed by atoms with van der Waals surface area (Å²) in [6, 6.07) is 0. The van der Waals surface area contributed by atoms with Crippen molar-refractivity contribution in [3.05, 3.63) is 0 Å². The van der Waals surface area contributed by atoms with E-state index in [1.807, 2.05) is 13.8 Å². The van der Waals surface area contributed by atoms with Gasteiger partial charge in [-0.25, -0.2) is 0 Å². The largest absolute Gasteiger partial charge is 0.349 e. The summed E-state index contributed by atoms with van der Waals surface area (Å²) in [6.45, 7) is 17.1. The second-order valence-electron chi connectivity index (χ2n) is 5.59. The van der Waals surface area contributed by atoms with Crippen LogP contribution in [0.3, 0.4) is 0 Å². The summed E-state index contributed by atoms with van der Waals surface area (Å²) in [5.74, 6) is -0.431. The molecule has 1 unspecified atom stereocenters. The molecule has 0 radical (unpaired) electrons. The molecule has 0 aromatic rings. The van der Waals surface area contributed by atoms with Crippen LogP contribution in [0.4, 0.5) is 0 Å². The van der Waals surface area contributed by atoms with Crippen LogP contribution in [0.2, 0.25) is 26.2 Å². The van der Waals surface area contributed by atoms with E-state index in [1.54, 1.807) is 0 Å². The topological polar surface area (TPSA) is 21.7 Å². The predicted molar refractivity (Wildman–Crippen MR) is 81.0 cm³/mol. The Bertz CT molecular complexity index is 213. The van der Waals surface area contributed by atoms with Crippen LogP contribution in [0.25, 0.3) is 0 Å². The van der Waals surface area contributed by atoms with Gasteiger partial charge in [0.2, 0.25) is 0 Å². The third kappa shape index (κ3) is 4.83. The summed E-state index contributed by atoms with van der Waals surface area (Å²) in [7, 11) is 0.702. The summed E-state index contributed by atoms with van der Waals surface area (Å²) in [5, 5.41) is 0. The lowest BCUT2D eigenvalue weighted by molar-refractivity contribution is -0.233. The summed E-state index contributed by atoms with van der Waals surface area (Å²) in [5.41, 5.74) is 0.453. The summed E-state index contributed by atoms with van der Waals surface area (Å²) < 4.78 is 14.4. The molecule has 0 bridgehead atoms. The molecule has 3 nitrogen and oxygen atoms in total. The van der Waals surface area contributed by atoms with Crippen molar-refractivity contribution >= 4 is 17.8 Å². The van der Waals surface area contributed by atoms with E-state index in [2.05, 4.69) is 44.7 Å². The van der Waals surface area contributed by atoms with Gasteiger partial charge < -0.3 is 14.0 Å². The van der Waals surface area contributed by atoms with Gasteiger partial charge in [-0.3, -0.25) is 0 Å². The lowest BCUT2D eigenvalue weighted by Crippen LogP contribution is -2.62. The quantitative estimate of drug-likeness (QED) is 0.501. The van der Waals surface area contributed by atoms with Gasteiger partial charge in [0.1, 0.15) is 8.24 Å². The molecule has 0 heterocycles. The van der Waals surface area contributed by atoms with Crippen LogP contribution in [-0.4, -0.2) is 54.0 Å². The SMILES string of the molecule is CCOC(C)(OCC)C([SiH2]C)N(C)[Si](C)(C)C. The normalized spacial score (nSPS) is 16.1. The molecule has 0 aromatic carbocycles. The van der Waals surface area contributed by atoms with Crippen LogP contribution < -0.4 is 0 Å². The molecular weight excluding hydrogens is 246 g/mol. The Balaban J connectivity index is 5.02. The van der Waals surface area contributed by atoms with Crippen LogP contribution in [0.5, 0.6) is 0 Å². The molecule has 0 spiro atoms. The molecule has 17 heavy (non-hydrogen) atoms. The number of rotatable bonds is 8. The monoisotopic (exact) mass is 277 g/mol. The van der Waals surface area contributed by atoms with E-state index in [0.29, 0.717) is 18.9 Å². The van der Waals surface area contributed by atoms with Crippen LogP contribution in [-0.2, 0) is 9.47 Å². The summed E-state index contributed by atoms with van der Waals surface area (Å²) in [6.07, 6.45) is 0. The van der Waals surface area contributed by atoms with Crippen LogP contribution in [0.1, 0.15) is 20.8 Å². The molecule has 0 amide bonds. The standard InChI is InChI=1S/C12H31NO2Si2/c1-9-14-12(3,15-10-2)11(16-5)13(4)17(6,7)8/h11H,9-10,16H2,1-8H3. The average Bonchev–Trinajstić information content (AvgIpc) is 2.17. The van der Waals surface area contributed by atoms with Crippen molar-refractivity contribution in [3.63, 3.8) is 0 Å². The smallest absolute Gasteiger partial charge is 0.176 e. The molecule has 0 saturated heterocycles. The summed E-state index contributed by atoms with van der Waals surface area (Å²) in [4.78, 5) is 0. The fraction of sp³-hybridized carbons (Fsp3) is 1.00. The third-order valence-electron chi connectivity index (χ3n) is 3.38. The molecule has 1 atom stereocenters. The van der Waals surface area contributed by atoms with Crippen LogP contribution in [0, 0.1) is 0 Å². The number of hydrogen-bond acceptors (Lipinski definition) is 3. The minimum absolute atomic E-state index is 0.233. The Morgan fingerprint density at radius 1 is 1.18 bits per heavy atom. The molecule has 0 aliphatic carbocycles. The van der Waals surface area contributed by atoms with Crippen LogP contribution >= 0.6 is 0 Å². The Morgan fingerprint density at radius 2 is 1.59 bits per heavy atom. The first kappa shape index (κ1) is 17.3. The highest BCUT2D eigenvalue weighted by Crippen LogP contribution is 2.25. The second kappa shape index (κ2) is 7.04. The zero-order valence-electron chi connectivity index (χ0n) is 13.0. The lowest BCUT2D eigenvalue weighted by Gasteiger charge is -2.46. The van der Waals surface area contributed by atoms with E-state index in [1.165, 1.54) is 0 Å². The average molecular weight is 278 g/mol. The highest BCUT2D eigenvalue weighted by molar-refractivity contribution is 6.74. The molecule has 0 N–H and O–H groups in total. The zero-order valence-corrected chi connectivity index (χ0v) is 15.4. The molecule has 5 heteroatoms. The number of nitrogens with zero attached hydrogens (tertiary/aromatic N) is 1. The lowest BCUT2D eigenvalue weighted by atomic mass is 10.3. The maximum absolute atomic E-state index is 5.93. The van der Waals surface area contributed by atoms with E-state index in [9.17, 15) is 0 Å². The molecule has 0 rings (SSSR count). The highest BCUT2D eigenvalue weighted by atomic mass is 28.3. The Labute approximate surface area is 111 Å². The molecule has 0 aromatic heterocycles. The third-order valence-corrected chi connectivity index (χ3v) is 8.24. The highest BCUT2D eigenvalue weighted by Gasteiger charge is 2.40. The fourth-order valence-electron chi connectivity index (χ4n) is 2.27. The van der Waals surface area contributed by atoms with Gasteiger partial charge in [-0.05, 0) is 27.8 Å². The van der Waals surface area contributed by atoms with Crippen LogP contribution in [0.15, 0.2) is 0 Å². The minimum Gasteiger partial charge on any atom is -0.349 e. The fourth-order valence-corrected chi connectivity index (χ4v) is 7.16. The van der Waals surface area contributed by atoms with Crippen molar-refractivity contribution in [2.75, 3.05) is 20.3 Å². The first-order valence-corrected chi connectivity index (χ1v) is 12.4. The van der Waals surface area contributed by atoms with E-state index in [4.69, 9.17) is 9.47 Å². The molecular formula is C12H31NO2Si2. The molecule has 0 aliphatic heterocycles. The zero-order chi connectivity index (χ0) is 13.7. The van der Waals surface area contributed by atoms with Gasteiger partial charge in [0.15, 0.2) is 5.79 Å². The van der Waals surface area contributed by atoms with Gasteiger partial charge in [0.05, 0.1) is 0 Å². The molecule has 0 saturated carbocycles. The maximum Gasteiger partial charge on any atom is 0.176 e. The summed E-state index contributed by atoms with van der Waals surface area (Å²) >= 11 is 0. The van der Waals surface area contributed by atoms with Crippen molar-refractivity contribution in [2.45, 2.75) is 58.4 Å². The van der Waals surface area contributed by atoms with Crippen molar-refractivity contribution in [1.82, 2.24) is 4.57 Å². The Kier molecular flexibility index (Phi) is 7.17. The molecule has 0 aliphatic rings. The van der Waals surface area contributed by atoms with Gasteiger partial charge in [-0.1, -0.05) is 26.2 Å². The van der Waals surface area contributed by atoms with Gasteiger partial charge in [-0.2, -0.15) is 0 Å². The van der Waals surface area contributed by atoms with Crippen molar-refractivity contribution in [2.24, 2.45) is 0 Å². The number of ether oxygens (including phenoxy) is 2. The Hall–Kier alpha value is 0.314. The molecule has 0 fully saturated rings. The second-order valence-corrected chi connectivity index (χ2v) is 12.2. The maximum atomic E-state index is 5.93. The molecule has 104 valence electrons. The minimum atomic E-state index is -1.30. The predicted octanol–water partition coefficient (Wildman–Crippen LogP) is 2.09. The van der Waals surface area contributed by atoms with Crippen molar-refractivity contribution in [3.8, 4) is 0 Å². The van der Waals surface area contributed by atoms with Gasteiger partial charge in [-0.15, -0.1) is 0 Å². The Morgan fingerprint density at radius 3 is 1.82 bits per heavy atom.